The number of aromatic nitrogens is 4. The molecule has 0 bridgehead atoms. The molecule has 5 rings (SSSR count). The maximum absolute atomic E-state index is 12.2. The van der Waals surface area contributed by atoms with Crippen LogP contribution in [0, 0.1) is 0 Å². The van der Waals surface area contributed by atoms with Gasteiger partial charge in [0.15, 0.2) is 28.8 Å². The van der Waals surface area contributed by atoms with Crippen LogP contribution >= 0.6 is 0 Å². The van der Waals surface area contributed by atoms with Crippen LogP contribution in [-0.4, -0.2) is 83.2 Å². The normalized spacial score (nSPS) is 15.4. The van der Waals surface area contributed by atoms with Gasteiger partial charge >= 0.3 is 0 Å². The molecule has 2 aromatic heterocycles. The topological polar surface area (TPSA) is 164 Å². The van der Waals surface area contributed by atoms with Crippen LogP contribution in [0.2, 0.25) is 0 Å². The van der Waals surface area contributed by atoms with Crippen molar-refractivity contribution in [1.29, 1.82) is 0 Å². The fraction of sp³-hybridized carbons (Fsp3) is 0.304. The molecule has 37 heavy (non-hydrogen) atoms. The van der Waals surface area contributed by atoms with E-state index in [1.54, 1.807) is 17.0 Å². The van der Waals surface area contributed by atoms with Crippen LogP contribution < -0.4 is 14.4 Å². The first kappa shape index (κ1) is 24.3. The van der Waals surface area contributed by atoms with E-state index in [1.165, 1.54) is 23.8 Å². The molecule has 14 heteroatoms. The number of phenolic OH excluding ortho intramolecular Hbond substituents is 1. The maximum Gasteiger partial charge on any atom is 0.231 e. The number of hydrogen-bond donors (Lipinski definition) is 3. The molecule has 0 spiro atoms. The minimum Gasteiger partial charge on any atom is -0.506 e. The van der Waals surface area contributed by atoms with Crippen LogP contribution in [0.1, 0.15) is 12.7 Å². The molecule has 1 saturated heterocycles. The number of hydrogen-bond acceptors (Lipinski definition) is 11. The number of sulfonamides is 1. The highest BCUT2D eigenvalue weighted by Crippen LogP contribution is 2.38. The number of imidazole rings is 1. The molecular weight excluding hydrogens is 502 g/mol. The van der Waals surface area contributed by atoms with E-state index < -0.39 is 16.1 Å². The van der Waals surface area contributed by atoms with Crippen molar-refractivity contribution in [2.45, 2.75) is 13.0 Å². The third kappa shape index (κ3) is 4.61. The van der Waals surface area contributed by atoms with E-state index in [0.717, 1.165) is 6.26 Å². The molecule has 0 atom stereocenters. The number of methoxy groups -OCH3 is 1. The number of benzene rings is 1. The SMILES string of the molecule is CCOC1=NC(c2nc3nc(N4CC(O)C4)c(NS(C)(=O)=O)nc3n2-c2c(O)cccc2OC)=C=C=C1. The lowest BCUT2D eigenvalue weighted by atomic mass is 10.2. The summed E-state index contributed by atoms with van der Waals surface area (Å²) in [7, 11) is -2.30. The lowest BCUT2D eigenvalue weighted by Gasteiger charge is -2.37. The van der Waals surface area contributed by atoms with Crippen molar-refractivity contribution in [3.63, 3.8) is 0 Å². The first-order valence-corrected chi connectivity index (χ1v) is 13.1. The number of β-amino-alcohol motifs (C(OH)–C–C–N with tert-alkyl or cyclic N) is 1. The molecule has 2 aliphatic rings. The Labute approximate surface area is 211 Å². The Morgan fingerprint density at radius 1 is 1.24 bits per heavy atom. The Kier molecular flexibility index (Phi) is 6.10. The quantitative estimate of drug-likeness (QED) is 0.382. The van der Waals surface area contributed by atoms with Crippen LogP contribution in [0.5, 0.6) is 11.5 Å². The number of rotatable bonds is 7. The number of fused-ring (bicyclic) bond motifs is 1. The average Bonchev–Trinajstić information content (AvgIpc) is 3.19. The van der Waals surface area contributed by atoms with Crippen molar-refractivity contribution in [2.75, 3.05) is 42.7 Å². The number of nitrogens with one attached hydrogen (secondary N) is 1. The van der Waals surface area contributed by atoms with Gasteiger partial charge in [0.1, 0.15) is 17.2 Å². The van der Waals surface area contributed by atoms with Crippen LogP contribution in [0.25, 0.3) is 22.7 Å². The van der Waals surface area contributed by atoms with Crippen LogP contribution in [-0.2, 0) is 14.8 Å². The molecule has 3 N–H and O–H groups in total. The Balaban J connectivity index is 1.83. The molecule has 192 valence electrons. The summed E-state index contributed by atoms with van der Waals surface area (Å²) in [6.45, 7) is 2.70. The number of para-hydroxylation sites is 1. The van der Waals surface area contributed by atoms with Gasteiger partial charge in [-0.1, -0.05) is 11.8 Å². The third-order valence-corrected chi connectivity index (χ3v) is 6.02. The smallest absolute Gasteiger partial charge is 0.231 e. The summed E-state index contributed by atoms with van der Waals surface area (Å²) in [6, 6.07) is 4.72. The van der Waals surface area contributed by atoms with Gasteiger partial charge in [-0.2, -0.15) is 0 Å². The van der Waals surface area contributed by atoms with Gasteiger partial charge in [0.2, 0.25) is 21.6 Å². The molecule has 0 radical (unpaired) electrons. The number of aromatic hydroxyl groups is 1. The number of aliphatic hydroxyl groups is 1. The van der Waals surface area contributed by atoms with Crippen molar-refractivity contribution in [3.05, 3.63) is 41.6 Å². The number of aliphatic hydroxyl groups excluding tert-OH is 1. The van der Waals surface area contributed by atoms with Crippen molar-refractivity contribution >= 4 is 44.5 Å². The predicted octanol–water partition coefficient (Wildman–Crippen LogP) is 1.18. The van der Waals surface area contributed by atoms with Crippen LogP contribution in [0.3, 0.4) is 0 Å². The number of aliphatic imine (C=N–C) groups is 1. The second kappa shape index (κ2) is 9.26. The van der Waals surface area contributed by atoms with E-state index in [9.17, 15) is 18.6 Å². The monoisotopic (exact) mass is 525 g/mol. The molecular formula is C23H23N7O6S. The number of ether oxygens (including phenoxy) is 2. The second-order valence-corrected chi connectivity index (χ2v) is 9.97. The highest BCUT2D eigenvalue weighted by atomic mass is 32.2. The zero-order chi connectivity index (χ0) is 26.3. The third-order valence-electron chi connectivity index (χ3n) is 5.45. The Morgan fingerprint density at radius 3 is 2.70 bits per heavy atom. The van der Waals surface area contributed by atoms with Crippen molar-refractivity contribution in [2.24, 2.45) is 4.99 Å². The molecule has 3 aromatic rings. The Morgan fingerprint density at radius 2 is 2.03 bits per heavy atom. The number of anilines is 2. The summed E-state index contributed by atoms with van der Waals surface area (Å²) in [6.07, 6.45) is 1.95. The van der Waals surface area contributed by atoms with Crippen LogP contribution in [0.15, 0.2) is 40.7 Å². The van der Waals surface area contributed by atoms with Crippen molar-refractivity contribution in [1.82, 2.24) is 19.5 Å². The van der Waals surface area contributed by atoms with Gasteiger partial charge in [-0.15, -0.1) is 0 Å². The maximum atomic E-state index is 12.2. The van der Waals surface area contributed by atoms with Gasteiger partial charge in [-0.3, -0.25) is 9.29 Å². The van der Waals surface area contributed by atoms with Gasteiger partial charge in [-0.05, 0) is 24.8 Å². The fourth-order valence-corrected chi connectivity index (χ4v) is 4.40. The van der Waals surface area contributed by atoms with E-state index in [1.807, 2.05) is 6.92 Å². The molecule has 0 saturated carbocycles. The lowest BCUT2D eigenvalue weighted by Crippen LogP contribution is -2.51. The molecule has 4 heterocycles. The predicted molar refractivity (Wildman–Crippen MR) is 136 cm³/mol. The summed E-state index contributed by atoms with van der Waals surface area (Å²) in [5.74, 6) is 0.748. The zero-order valence-corrected chi connectivity index (χ0v) is 20.9. The summed E-state index contributed by atoms with van der Waals surface area (Å²) in [5, 5.41) is 20.7. The number of nitrogens with zero attached hydrogens (tertiary/aromatic N) is 6. The standard InChI is InChI=1S/C23H23N7O6S/c1-4-36-17-10-5-7-14(24-17)21-25-19-23(30(21)18-15(32)8-6-9-16(18)35-2)27-20(28-37(3,33)34)22(26-19)29-11-13(31)12-29/h6,8-10,13,31-32H,4,11-12H2,1-3H3,(H,27,28). The molecule has 0 aliphatic carbocycles. The summed E-state index contributed by atoms with van der Waals surface area (Å²) in [4.78, 5) is 19.9. The summed E-state index contributed by atoms with van der Waals surface area (Å²) >= 11 is 0. The minimum absolute atomic E-state index is 0.0597. The van der Waals surface area contributed by atoms with Crippen LogP contribution in [0.4, 0.5) is 11.6 Å². The molecule has 2 aliphatic heterocycles. The first-order valence-electron chi connectivity index (χ1n) is 11.2. The highest BCUT2D eigenvalue weighted by molar-refractivity contribution is 7.92. The highest BCUT2D eigenvalue weighted by Gasteiger charge is 2.32. The molecule has 1 aromatic carbocycles. The average molecular weight is 526 g/mol. The molecule has 0 unspecified atom stereocenters. The van der Waals surface area contributed by atoms with Gasteiger partial charge in [0, 0.05) is 13.1 Å². The largest absolute Gasteiger partial charge is 0.506 e. The second-order valence-electron chi connectivity index (χ2n) is 8.22. The lowest BCUT2D eigenvalue weighted by molar-refractivity contribution is 0.141. The fourth-order valence-electron chi connectivity index (χ4n) is 3.91. The Hall–Kier alpha value is -4.35. The molecule has 13 nitrogen and oxygen atoms in total. The zero-order valence-electron chi connectivity index (χ0n) is 20.1. The van der Waals surface area contributed by atoms with E-state index in [-0.39, 0.29) is 64.9 Å². The van der Waals surface area contributed by atoms with Gasteiger partial charge in [0.25, 0.3) is 0 Å². The van der Waals surface area contributed by atoms with Gasteiger partial charge in [-0.25, -0.2) is 28.4 Å². The van der Waals surface area contributed by atoms with Crippen molar-refractivity contribution < 1.29 is 28.1 Å². The van der Waals surface area contributed by atoms with E-state index in [4.69, 9.17) is 9.47 Å². The summed E-state index contributed by atoms with van der Waals surface area (Å²) in [5.41, 5.74) is 6.39. The van der Waals surface area contributed by atoms with Crippen molar-refractivity contribution in [3.8, 4) is 17.2 Å². The van der Waals surface area contributed by atoms with E-state index >= 15 is 0 Å². The molecule has 0 amide bonds. The van der Waals surface area contributed by atoms with Gasteiger partial charge in [0.05, 0.1) is 32.2 Å². The summed E-state index contributed by atoms with van der Waals surface area (Å²) < 4.78 is 39.2. The van der Waals surface area contributed by atoms with E-state index in [2.05, 4.69) is 36.1 Å². The molecule has 1 fully saturated rings. The Bertz CT molecular complexity index is 1640. The van der Waals surface area contributed by atoms with Gasteiger partial charge < -0.3 is 24.6 Å². The van der Waals surface area contributed by atoms with E-state index in [0.29, 0.717) is 12.4 Å². The minimum atomic E-state index is -3.74. The number of phenols is 1. The first-order chi connectivity index (χ1) is 17.7.